The highest BCUT2D eigenvalue weighted by Crippen LogP contribution is 2.26. The van der Waals surface area contributed by atoms with Crippen LogP contribution >= 0.6 is 23.4 Å². The van der Waals surface area contributed by atoms with E-state index in [1.165, 1.54) is 7.11 Å². The zero-order chi connectivity index (χ0) is 17.8. The van der Waals surface area contributed by atoms with Gasteiger partial charge in [0.05, 0.1) is 12.7 Å². The van der Waals surface area contributed by atoms with Crippen LogP contribution in [-0.2, 0) is 17.5 Å². The third-order valence-corrected chi connectivity index (χ3v) is 5.02. The topological polar surface area (TPSA) is 57.0 Å². The highest BCUT2D eigenvalue weighted by atomic mass is 35.5. The largest absolute Gasteiger partial charge is 0.465 e. The Balaban J connectivity index is 1.70. The molecule has 0 aliphatic carbocycles. The number of nitrogens with zero attached hydrogens (tertiary/aromatic N) is 3. The van der Waals surface area contributed by atoms with Gasteiger partial charge in [0.2, 0.25) is 0 Å². The van der Waals surface area contributed by atoms with E-state index < -0.39 is 0 Å². The molecule has 5 nitrogen and oxygen atoms in total. The quantitative estimate of drug-likeness (QED) is 0.495. The summed E-state index contributed by atoms with van der Waals surface area (Å²) in [5.41, 5.74) is 2.60. The van der Waals surface area contributed by atoms with E-state index in [1.807, 2.05) is 48.0 Å². The number of ether oxygens (including phenoxy) is 1. The molecule has 0 fully saturated rings. The molecule has 0 radical (unpaired) electrons. The van der Waals surface area contributed by atoms with Crippen LogP contribution in [0.5, 0.6) is 0 Å². The van der Waals surface area contributed by atoms with Gasteiger partial charge in [-0.15, -0.1) is 10.2 Å². The van der Waals surface area contributed by atoms with Crippen LogP contribution in [-0.4, -0.2) is 27.8 Å². The number of hydrogen-bond acceptors (Lipinski definition) is 5. The Morgan fingerprint density at radius 1 is 1.12 bits per heavy atom. The molecule has 0 aliphatic rings. The average Bonchev–Trinajstić information content (AvgIpc) is 3.01. The second-order valence-corrected chi connectivity index (χ2v) is 6.73. The highest BCUT2D eigenvalue weighted by molar-refractivity contribution is 7.98. The Kier molecular flexibility index (Phi) is 5.40. The Morgan fingerprint density at radius 2 is 1.80 bits per heavy atom. The Labute approximate surface area is 155 Å². The molecule has 0 unspecified atom stereocenters. The first-order chi connectivity index (χ1) is 12.1. The van der Waals surface area contributed by atoms with Crippen LogP contribution in [0.4, 0.5) is 0 Å². The van der Waals surface area contributed by atoms with Gasteiger partial charge in [0.1, 0.15) is 0 Å². The zero-order valence-corrected chi connectivity index (χ0v) is 15.3. The minimum Gasteiger partial charge on any atom is -0.465 e. The van der Waals surface area contributed by atoms with Gasteiger partial charge in [0, 0.05) is 23.4 Å². The fourth-order valence-corrected chi connectivity index (χ4v) is 3.29. The van der Waals surface area contributed by atoms with Gasteiger partial charge in [0.15, 0.2) is 11.0 Å². The summed E-state index contributed by atoms with van der Waals surface area (Å²) in [7, 11) is 3.31. The molecule has 0 bridgehead atoms. The average molecular weight is 374 g/mol. The molecular formula is C18H16ClN3O2S. The van der Waals surface area contributed by atoms with Gasteiger partial charge in [0.25, 0.3) is 0 Å². The number of aromatic nitrogens is 3. The standard InChI is InChI=1S/C18H16ClN3O2S/c1-22-16(13-7-9-15(19)10-8-13)20-21-18(22)25-11-12-3-5-14(6-4-12)17(23)24-2/h3-10H,11H2,1-2H3. The summed E-state index contributed by atoms with van der Waals surface area (Å²) >= 11 is 7.51. The summed E-state index contributed by atoms with van der Waals surface area (Å²) in [6.07, 6.45) is 0. The van der Waals surface area contributed by atoms with E-state index in [-0.39, 0.29) is 5.97 Å². The fourth-order valence-electron chi connectivity index (χ4n) is 2.29. The van der Waals surface area contributed by atoms with Crippen molar-refractivity contribution in [3.8, 4) is 11.4 Å². The van der Waals surface area contributed by atoms with Gasteiger partial charge in [-0.2, -0.15) is 0 Å². The minimum atomic E-state index is -0.333. The highest BCUT2D eigenvalue weighted by Gasteiger charge is 2.11. The number of benzene rings is 2. The summed E-state index contributed by atoms with van der Waals surface area (Å²) in [5.74, 6) is 1.19. The van der Waals surface area contributed by atoms with Gasteiger partial charge in [-0.25, -0.2) is 4.79 Å². The molecule has 128 valence electrons. The van der Waals surface area contributed by atoms with Gasteiger partial charge in [-0.05, 0) is 42.0 Å². The van der Waals surface area contributed by atoms with E-state index in [4.69, 9.17) is 16.3 Å². The second-order valence-electron chi connectivity index (χ2n) is 5.35. The third-order valence-electron chi connectivity index (χ3n) is 3.68. The number of carbonyl (C=O) groups is 1. The van der Waals surface area contributed by atoms with Gasteiger partial charge >= 0.3 is 5.97 Å². The van der Waals surface area contributed by atoms with Crippen molar-refractivity contribution in [2.45, 2.75) is 10.9 Å². The van der Waals surface area contributed by atoms with Crippen molar-refractivity contribution in [1.29, 1.82) is 0 Å². The Bertz CT molecular complexity index is 876. The number of esters is 1. The molecular weight excluding hydrogens is 358 g/mol. The van der Waals surface area contributed by atoms with Gasteiger partial charge < -0.3 is 9.30 Å². The number of rotatable bonds is 5. The van der Waals surface area contributed by atoms with Crippen LogP contribution in [0.25, 0.3) is 11.4 Å². The molecule has 0 saturated carbocycles. The fraction of sp³-hybridized carbons (Fsp3) is 0.167. The normalized spacial score (nSPS) is 10.7. The summed E-state index contributed by atoms with van der Waals surface area (Å²) in [5, 5.41) is 10.0. The first kappa shape index (κ1) is 17.5. The number of carbonyl (C=O) groups excluding carboxylic acids is 1. The zero-order valence-electron chi connectivity index (χ0n) is 13.8. The Hall–Kier alpha value is -2.31. The van der Waals surface area contributed by atoms with Crippen LogP contribution in [0.15, 0.2) is 53.7 Å². The third kappa shape index (κ3) is 4.03. The maximum atomic E-state index is 11.4. The lowest BCUT2D eigenvalue weighted by atomic mass is 10.1. The molecule has 3 aromatic rings. The lowest BCUT2D eigenvalue weighted by Gasteiger charge is -2.05. The molecule has 7 heteroatoms. The molecule has 1 aromatic heterocycles. The number of hydrogen-bond donors (Lipinski definition) is 0. The monoisotopic (exact) mass is 373 g/mol. The molecule has 0 amide bonds. The predicted octanol–water partition coefficient (Wildman–Crippen LogP) is 4.21. The molecule has 3 rings (SSSR count). The minimum absolute atomic E-state index is 0.333. The maximum Gasteiger partial charge on any atom is 0.337 e. The lowest BCUT2D eigenvalue weighted by Crippen LogP contribution is -2.00. The van der Waals surface area contributed by atoms with Crippen molar-refractivity contribution in [3.63, 3.8) is 0 Å². The molecule has 2 aromatic carbocycles. The van der Waals surface area contributed by atoms with Crippen molar-refractivity contribution < 1.29 is 9.53 Å². The molecule has 0 N–H and O–H groups in total. The van der Waals surface area contributed by atoms with Crippen molar-refractivity contribution in [3.05, 3.63) is 64.7 Å². The van der Waals surface area contributed by atoms with Crippen LogP contribution in [0.3, 0.4) is 0 Å². The second kappa shape index (κ2) is 7.72. The molecule has 0 atom stereocenters. The molecule has 25 heavy (non-hydrogen) atoms. The van der Waals surface area contributed by atoms with Crippen LogP contribution in [0, 0.1) is 0 Å². The van der Waals surface area contributed by atoms with E-state index in [1.54, 1.807) is 23.9 Å². The Morgan fingerprint density at radius 3 is 2.44 bits per heavy atom. The van der Waals surface area contributed by atoms with E-state index in [9.17, 15) is 4.79 Å². The first-order valence-electron chi connectivity index (χ1n) is 7.54. The summed E-state index contributed by atoms with van der Waals surface area (Å²) in [4.78, 5) is 11.4. The van der Waals surface area contributed by atoms with Crippen LogP contribution in [0.1, 0.15) is 15.9 Å². The molecule has 0 aliphatic heterocycles. The number of halogens is 1. The van der Waals surface area contributed by atoms with Crippen molar-refractivity contribution in [2.24, 2.45) is 7.05 Å². The summed E-state index contributed by atoms with van der Waals surface area (Å²) in [6.45, 7) is 0. The maximum absolute atomic E-state index is 11.4. The number of methoxy groups -OCH3 is 1. The summed E-state index contributed by atoms with van der Waals surface area (Å²) in [6, 6.07) is 14.9. The van der Waals surface area contributed by atoms with Gasteiger partial charge in [-0.3, -0.25) is 0 Å². The van der Waals surface area contributed by atoms with E-state index in [0.29, 0.717) is 10.6 Å². The van der Waals surface area contributed by atoms with Crippen molar-refractivity contribution in [1.82, 2.24) is 14.8 Å². The van der Waals surface area contributed by atoms with Crippen molar-refractivity contribution in [2.75, 3.05) is 7.11 Å². The van der Waals surface area contributed by atoms with Crippen LogP contribution < -0.4 is 0 Å². The van der Waals surface area contributed by atoms with Crippen LogP contribution in [0.2, 0.25) is 5.02 Å². The van der Waals surface area contributed by atoms with Crippen molar-refractivity contribution >= 4 is 29.3 Å². The van der Waals surface area contributed by atoms with Gasteiger partial charge in [-0.1, -0.05) is 35.5 Å². The van der Waals surface area contributed by atoms with E-state index >= 15 is 0 Å². The lowest BCUT2D eigenvalue weighted by molar-refractivity contribution is 0.0600. The number of thioether (sulfide) groups is 1. The molecule has 1 heterocycles. The molecule has 0 spiro atoms. The smallest absolute Gasteiger partial charge is 0.337 e. The van der Waals surface area contributed by atoms with E-state index in [0.717, 1.165) is 27.9 Å². The SMILES string of the molecule is COC(=O)c1ccc(CSc2nnc(-c3ccc(Cl)cc3)n2C)cc1. The first-order valence-corrected chi connectivity index (χ1v) is 8.90. The summed E-state index contributed by atoms with van der Waals surface area (Å²) < 4.78 is 6.65. The van der Waals surface area contributed by atoms with E-state index in [2.05, 4.69) is 10.2 Å². The predicted molar refractivity (Wildman–Crippen MR) is 98.8 cm³/mol. The molecule has 0 saturated heterocycles.